The van der Waals surface area contributed by atoms with E-state index in [-0.39, 0.29) is 35.9 Å². The first kappa shape index (κ1) is 25.0. The molecule has 36 heavy (non-hydrogen) atoms. The van der Waals surface area contributed by atoms with Gasteiger partial charge in [0.15, 0.2) is 6.79 Å². The lowest BCUT2D eigenvalue weighted by Crippen LogP contribution is -2.58. The van der Waals surface area contributed by atoms with Crippen LogP contribution < -0.4 is 0 Å². The van der Waals surface area contributed by atoms with Gasteiger partial charge in [-0.1, -0.05) is 0 Å². The molecule has 8 bridgehead atoms. The van der Waals surface area contributed by atoms with Crippen LogP contribution in [-0.2, 0) is 33.9 Å². The first-order valence-electron chi connectivity index (χ1n) is 13.2. The van der Waals surface area contributed by atoms with Crippen molar-refractivity contribution in [2.45, 2.75) is 82.0 Å². The van der Waals surface area contributed by atoms with Crippen LogP contribution in [0.3, 0.4) is 0 Å². The van der Waals surface area contributed by atoms with Gasteiger partial charge in [-0.15, -0.1) is 0 Å². The Morgan fingerprint density at radius 3 is 1.92 bits per heavy atom. The zero-order valence-electron chi connectivity index (χ0n) is 20.2. The van der Waals surface area contributed by atoms with Gasteiger partial charge in [0.1, 0.15) is 6.10 Å². The Morgan fingerprint density at radius 1 is 0.861 bits per heavy atom. The molecule has 8 aliphatic carbocycles. The summed E-state index contributed by atoms with van der Waals surface area (Å²) in [6.45, 7) is 0.520. The van der Waals surface area contributed by atoms with Gasteiger partial charge in [-0.05, 0) is 112 Å². The van der Waals surface area contributed by atoms with Crippen LogP contribution in [0, 0.1) is 46.3 Å². The highest BCUT2D eigenvalue weighted by Gasteiger charge is 2.62. The van der Waals surface area contributed by atoms with Crippen LogP contribution in [0.25, 0.3) is 0 Å². The van der Waals surface area contributed by atoms with Crippen LogP contribution >= 0.6 is 0 Å². The Bertz CT molecular complexity index is 991. The van der Waals surface area contributed by atoms with E-state index in [0.29, 0.717) is 38.7 Å². The van der Waals surface area contributed by atoms with E-state index in [4.69, 9.17) is 18.8 Å². The Balaban J connectivity index is 1.04. The molecule has 0 aliphatic heterocycles. The molecule has 202 valence electrons. The van der Waals surface area contributed by atoms with Crippen molar-refractivity contribution in [2.24, 2.45) is 46.3 Å². The summed E-state index contributed by atoms with van der Waals surface area (Å²) in [6.07, 6.45) is 9.32. The second kappa shape index (κ2) is 8.33. The molecular formula is C25H34F2O8S. The third kappa shape index (κ3) is 4.08. The molecular weight excluding hydrogens is 498 g/mol. The fraction of sp³-hybridized carbons (Fsp3) is 0.920. The molecule has 0 aromatic carbocycles. The molecule has 0 heterocycles. The highest BCUT2D eigenvalue weighted by molar-refractivity contribution is 7.87. The average Bonchev–Trinajstić information content (AvgIpc) is 2.76. The van der Waals surface area contributed by atoms with Crippen LogP contribution in [0.1, 0.15) is 70.6 Å². The van der Waals surface area contributed by atoms with Crippen LogP contribution in [0.15, 0.2) is 0 Å². The number of carbonyl (C=O) groups excluding carboxylic acids is 2. The third-order valence-corrected chi connectivity index (χ3v) is 11.1. The topological polar surface area (TPSA) is 116 Å². The van der Waals surface area contributed by atoms with Crippen molar-refractivity contribution < 1.29 is 45.6 Å². The zero-order chi connectivity index (χ0) is 25.5. The summed E-state index contributed by atoms with van der Waals surface area (Å²) in [7, 11) is -5.93. The lowest BCUT2D eigenvalue weighted by Gasteiger charge is -2.58. The van der Waals surface area contributed by atoms with E-state index in [1.807, 2.05) is 0 Å². The molecule has 0 saturated heterocycles. The minimum absolute atomic E-state index is 0.0959. The first-order valence-corrected chi connectivity index (χ1v) is 14.6. The lowest BCUT2D eigenvalue weighted by molar-refractivity contribution is -0.209. The molecule has 2 atom stereocenters. The number of hydrogen-bond donors (Lipinski definition) is 1. The number of carbonyl (C=O) groups is 2. The molecule has 0 spiro atoms. The summed E-state index contributed by atoms with van der Waals surface area (Å²) in [4.78, 5) is 25.1. The van der Waals surface area contributed by atoms with Crippen molar-refractivity contribution in [2.75, 3.05) is 13.4 Å². The molecule has 0 amide bonds. The van der Waals surface area contributed by atoms with Gasteiger partial charge in [-0.3, -0.25) is 9.35 Å². The van der Waals surface area contributed by atoms with Crippen molar-refractivity contribution in [1.82, 2.24) is 0 Å². The number of hydrogen-bond acceptors (Lipinski definition) is 7. The lowest BCUT2D eigenvalue weighted by atomic mass is 9.48. The third-order valence-electron chi connectivity index (χ3n) is 10.3. The summed E-state index contributed by atoms with van der Waals surface area (Å²) < 4.78 is 74.5. The number of ether oxygens (including phenoxy) is 3. The molecule has 8 nitrogen and oxygen atoms in total. The van der Waals surface area contributed by atoms with E-state index in [1.54, 1.807) is 0 Å². The van der Waals surface area contributed by atoms with Crippen LogP contribution in [0.4, 0.5) is 8.78 Å². The van der Waals surface area contributed by atoms with E-state index in [1.165, 1.54) is 38.5 Å². The fourth-order valence-electron chi connectivity index (χ4n) is 9.69. The SMILES string of the molecule is O=C(OCOCC12CC3CC(CC(C3)C1)C2)C12CC3CC(C1)C(OC(=O)C(F)(F)S(=O)(=O)O)C(C3)C2. The van der Waals surface area contributed by atoms with Gasteiger partial charge in [0.2, 0.25) is 0 Å². The zero-order valence-corrected chi connectivity index (χ0v) is 21.0. The normalized spacial score (nSPS) is 44.6. The molecule has 8 aliphatic rings. The van der Waals surface area contributed by atoms with Crippen molar-refractivity contribution in [3.05, 3.63) is 0 Å². The summed E-state index contributed by atoms with van der Waals surface area (Å²) in [6, 6.07) is 0. The Morgan fingerprint density at radius 2 is 1.39 bits per heavy atom. The predicted molar refractivity (Wildman–Crippen MR) is 120 cm³/mol. The standard InChI is InChI=1S/C25H34F2O8S/c26-25(27,36(30,31)32)22(29)35-20-18-4-17-5-19(20)11-24(9-17,10-18)21(28)34-13-33-12-23-6-14-1-15(7-23)3-16(2-14)8-23/h14-20H,1-13H2,(H,30,31,32). The van der Waals surface area contributed by atoms with Crippen molar-refractivity contribution in [3.63, 3.8) is 0 Å². The van der Waals surface area contributed by atoms with Gasteiger partial charge in [0.25, 0.3) is 0 Å². The number of rotatable bonds is 8. The minimum atomic E-state index is -5.93. The quantitative estimate of drug-likeness (QED) is 0.216. The number of alkyl halides is 2. The van der Waals surface area contributed by atoms with Gasteiger partial charge in [0, 0.05) is 0 Å². The summed E-state index contributed by atoms with van der Waals surface area (Å²) in [5, 5.41) is -5.02. The van der Waals surface area contributed by atoms with Crippen LogP contribution in [-0.4, -0.2) is 49.7 Å². The summed E-state index contributed by atoms with van der Waals surface area (Å²) >= 11 is 0. The highest BCUT2D eigenvalue weighted by Crippen LogP contribution is 2.62. The van der Waals surface area contributed by atoms with Gasteiger partial charge in [0.05, 0.1) is 12.0 Å². The molecule has 0 aromatic rings. The maximum atomic E-state index is 13.8. The van der Waals surface area contributed by atoms with Gasteiger partial charge in [-0.25, -0.2) is 4.79 Å². The van der Waals surface area contributed by atoms with Gasteiger partial charge < -0.3 is 14.2 Å². The monoisotopic (exact) mass is 532 g/mol. The first-order chi connectivity index (χ1) is 16.9. The summed E-state index contributed by atoms with van der Waals surface area (Å²) in [5.74, 6) is -0.648. The molecule has 8 rings (SSSR count). The van der Waals surface area contributed by atoms with E-state index >= 15 is 0 Å². The second-order valence-electron chi connectivity index (χ2n) is 12.9. The van der Waals surface area contributed by atoms with Gasteiger partial charge >= 0.3 is 27.3 Å². The van der Waals surface area contributed by atoms with E-state index in [9.17, 15) is 26.8 Å². The minimum Gasteiger partial charge on any atom is -0.456 e. The summed E-state index contributed by atoms with van der Waals surface area (Å²) in [5.41, 5.74) is -0.530. The van der Waals surface area contributed by atoms with Crippen LogP contribution in [0.5, 0.6) is 0 Å². The van der Waals surface area contributed by atoms with Crippen molar-refractivity contribution in [1.29, 1.82) is 0 Å². The molecule has 2 unspecified atom stereocenters. The Kier molecular flexibility index (Phi) is 5.78. The Hall–Kier alpha value is -1.33. The predicted octanol–water partition coefficient (Wildman–Crippen LogP) is 3.94. The smallest absolute Gasteiger partial charge is 0.456 e. The van der Waals surface area contributed by atoms with E-state index in [2.05, 4.69) is 0 Å². The maximum Gasteiger partial charge on any atom is 0.465 e. The maximum absolute atomic E-state index is 13.8. The molecule has 8 saturated carbocycles. The molecule has 8 fully saturated rings. The van der Waals surface area contributed by atoms with E-state index < -0.39 is 32.9 Å². The number of halogens is 2. The van der Waals surface area contributed by atoms with Crippen molar-refractivity contribution in [3.8, 4) is 0 Å². The molecule has 1 N–H and O–H groups in total. The second-order valence-corrected chi connectivity index (χ2v) is 14.4. The highest BCUT2D eigenvalue weighted by atomic mass is 32.2. The van der Waals surface area contributed by atoms with Crippen LogP contribution in [0.2, 0.25) is 0 Å². The largest absolute Gasteiger partial charge is 0.465 e. The molecule has 0 radical (unpaired) electrons. The Labute approximate surface area is 209 Å². The fourth-order valence-corrected chi connectivity index (χ4v) is 9.95. The molecule has 0 aromatic heterocycles. The van der Waals surface area contributed by atoms with Gasteiger partial charge in [-0.2, -0.15) is 17.2 Å². The average molecular weight is 533 g/mol. The van der Waals surface area contributed by atoms with E-state index in [0.717, 1.165) is 17.8 Å². The molecule has 11 heteroatoms. The number of esters is 2. The van der Waals surface area contributed by atoms with Crippen molar-refractivity contribution >= 4 is 22.1 Å².